The maximum absolute atomic E-state index is 10.4. The van der Waals surface area contributed by atoms with E-state index in [4.69, 9.17) is 5.03 Å². The van der Waals surface area contributed by atoms with Gasteiger partial charge in [0.25, 0.3) is 6.28 Å². The Morgan fingerprint density at radius 1 is 0.762 bits per heavy atom. The summed E-state index contributed by atoms with van der Waals surface area (Å²) in [5, 5.41) is 4.91. The van der Waals surface area contributed by atoms with Gasteiger partial charge in [-0.3, -0.25) is 9.36 Å². The van der Waals surface area contributed by atoms with Crippen molar-refractivity contribution in [1.82, 2.24) is 4.34 Å². The summed E-state index contributed by atoms with van der Waals surface area (Å²) in [5.74, 6) is 0.639. The van der Waals surface area contributed by atoms with Gasteiger partial charge in [0.1, 0.15) is 26.2 Å². The summed E-state index contributed by atoms with van der Waals surface area (Å²) in [6, 6.07) is 23.8. The number of nitrogens with zero attached hydrogens (tertiary/aromatic N) is 5. The summed E-state index contributed by atoms with van der Waals surface area (Å²) in [6.45, 7) is 23.2. The first-order valence-electron chi connectivity index (χ1n) is 15.2. The molecular formula is C35H45BN5P. The fourth-order valence-corrected chi connectivity index (χ4v) is 11.5. The minimum atomic E-state index is -2.04. The molecule has 0 saturated heterocycles. The number of benzene rings is 3. The van der Waals surface area contributed by atoms with Gasteiger partial charge >= 0.3 is 0 Å². The lowest BCUT2D eigenvalue weighted by Gasteiger charge is -2.41. The number of imidazole rings is 1. The van der Waals surface area contributed by atoms with Gasteiger partial charge in [0.2, 0.25) is 0 Å². The lowest BCUT2D eigenvalue weighted by molar-refractivity contribution is -0.577. The van der Waals surface area contributed by atoms with Crippen molar-refractivity contribution in [2.75, 3.05) is 0 Å². The van der Waals surface area contributed by atoms with Gasteiger partial charge in [-0.25, -0.2) is 4.57 Å². The van der Waals surface area contributed by atoms with Crippen LogP contribution in [-0.2, 0) is 0 Å². The van der Waals surface area contributed by atoms with Crippen LogP contribution in [0.5, 0.6) is 0 Å². The zero-order chi connectivity index (χ0) is 30.6. The Bertz CT molecular complexity index is 1600. The fourth-order valence-electron chi connectivity index (χ4n) is 7.50. The SMILES string of the molecule is CC(C)c1cccc(C(C)C)c1-[n+]1ccn(P(C(C)(C)C)C(C)(C)C)c1[B-]1(N=[N+]=[N-])c2ccccc2-c2ccccc21. The monoisotopic (exact) mass is 577 g/mol. The van der Waals surface area contributed by atoms with E-state index in [0.29, 0.717) is 11.8 Å². The Hall–Kier alpha value is -3.33. The van der Waals surface area contributed by atoms with E-state index in [1.807, 2.05) is 0 Å². The summed E-state index contributed by atoms with van der Waals surface area (Å²) in [5.41, 5.74) is 19.8. The zero-order valence-corrected chi connectivity index (χ0v) is 27.8. The topological polar surface area (TPSA) is 57.6 Å². The van der Waals surface area contributed by atoms with Crippen LogP contribution in [0.25, 0.3) is 27.3 Å². The van der Waals surface area contributed by atoms with Crippen molar-refractivity contribution < 1.29 is 4.57 Å². The predicted octanol–water partition coefficient (Wildman–Crippen LogP) is 8.11. The van der Waals surface area contributed by atoms with Gasteiger partial charge < -0.3 is 0 Å². The van der Waals surface area contributed by atoms with E-state index in [2.05, 4.69) is 162 Å². The molecule has 5 nitrogen and oxygen atoms in total. The lowest BCUT2D eigenvalue weighted by atomic mass is 9.29. The van der Waals surface area contributed by atoms with Crippen molar-refractivity contribution in [3.63, 3.8) is 0 Å². The molecule has 1 aliphatic rings. The first-order chi connectivity index (χ1) is 19.7. The molecule has 0 aliphatic carbocycles. The van der Waals surface area contributed by atoms with E-state index >= 15 is 0 Å². The summed E-state index contributed by atoms with van der Waals surface area (Å²) < 4.78 is 4.94. The largest absolute Gasteiger partial charge is 0.273 e. The second-order valence-corrected chi connectivity index (χ2v) is 18.1. The highest BCUT2D eigenvalue weighted by molar-refractivity contribution is 7.59. The Morgan fingerprint density at radius 3 is 1.67 bits per heavy atom. The van der Waals surface area contributed by atoms with Crippen LogP contribution in [0.1, 0.15) is 92.2 Å². The minimum Gasteiger partial charge on any atom is -0.273 e. The number of azide groups is 1. The van der Waals surface area contributed by atoms with E-state index in [1.54, 1.807) is 0 Å². The maximum Gasteiger partial charge on any atom is 0.256 e. The predicted molar refractivity (Wildman–Crippen MR) is 182 cm³/mol. The fraction of sp³-hybridized carbons (Fsp3) is 0.400. The normalized spacial score (nSPS) is 14.3. The first kappa shape index (κ1) is 30.1. The van der Waals surface area contributed by atoms with Crippen molar-refractivity contribution in [3.05, 3.63) is 101 Å². The summed E-state index contributed by atoms with van der Waals surface area (Å²) in [7, 11) is -0.787. The molecule has 3 aromatic carbocycles. The van der Waals surface area contributed by atoms with Crippen LogP contribution in [0.3, 0.4) is 0 Å². The highest BCUT2D eigenvalue weighted by Gasteiger charge is 2.50. The van der Waals surface area contributed by atoms with E-state index in [1.165, 1.54) is 16.8 Å². The second-order valence-electron chi connectivity index (χ2n) is 14.3. The first-order valence-corrected chi connectivity index (χ1v) is 16.5. The minimum absolute atomic E-state index is 0.0110. The van der Waals surface area contributed by atoms with Crippen molar-refractivity contribution >= 4 is 31.0 Å². The molecule has 218 valence electrons. The highest BCUT2D eigenvalue weighted by atomic mass is 31.1. The number of para-hydroxylation sites is 1. The molecule has 2 heterocycles. The van der Waals surface area contributed by atoms with E-state index in [9.17, 15) is 5.53 Å². The Morgan fingerprint density at radius 2 is 1.24 bits per heavy atom. The third-order valence-corrected chi connectivity index (χ3v) is 11.9. The number of rotatable bonds is 6. The Balaban J connectivity index is 2.05. The van der Waals surface area contributed by atoms with Crippen molar-refractivity contribution in [2.24, 2.45) is 5.03 Å². The molecule has 0 atom stereocenters. The molecule has 7 heteroatoms. The molecule has 0 unspecified atom stereocenters. The molecule has 0 fully saturated rings. The highest BCUT2D eigenvalue weighted by Crippen LogP contribution is 2.59. The van der Waals surface area contributed by atoms with E-state index in [-0.39, 0.29) is 10.3 Å². The van der Waals surface area contributed by atoms with Crippen LogP contribution < -0.4 is 21.2 Å². The number of hydrogen-bond acceptors (Lipinski definition) is 1. The molecule has 1 aromatic heterocycles. The maximum atomic E-state index is 10.4. The van der Waals surface area contributed by atoms with Gasteiger partial charge in [-0.1, -0.05) is 147 Å². The molecule has 5 rings (SSSR count). The molecule has 1 aliphatic heterocycles. The van der Waals surface area contributed by atoms with Gasteiger partial charge in [0, 0.05) is 21.4 Å². The third-order valence-electron chi connectivity index (χ3n) is 8.62. The van der Waals surface area contributed by atoms with Crippen molar-refractivity contribution in [3.8, 4) is 16.8 Å². The van der Waals surface area contributed by atoms with Crippen LogP contribution in [0.15, 0.2) is 84.1 Å². The van der Waals surface area contributed by atoms with Crippen molar-refractivity contribution in [1.29, 1.82) is 0 Å². The lowest BCUT2D eigenvalue weighted by Crippen LogP contribution is -2.74. The Labute approximate surface area is 253 Å². The smallest absolute Gasteiger partial charge is 0.256 e. The standard InChI is InChI=1S/C35H45BN5P/c1-24(2)26-18-15-19-27(25(3)4)32(26)40-22-23-41(42(34(5,6)7)35(8,9)10)33(40)36(38-39-37)30-20-13-11-16-28(30)29-17-12-14-21-31(29)36/h11-25H,1-10H3. The molecule has 0 amide bonds. The summed E-state index contributed by atoms with van der Waals surface area (Å²) in [4.78, 5) is 3.65. The quantitative estimate of drug-likeness (QED) is 0.0555. The van der Waals surface area contributed by atoms with Gasteiger partial charge in [0.05, 0.1) is 5.72 Å². The van der Waals surface area contributed by atoms with Gasteiger partial charge in [0.15, 0.2) is 0 Å². The summed E-state index contributed by atoms with van der Waals surface area (Å²) >= 11 is 0. The van der Waals surface area contributed by atoms with Crippen LogP contribution in [0.4, 0.5) is 0 Å². The van der Waals surface area contributed by atoms with E-state index in [0.717, 1.165) is 27.8 Å². The number of fused-ring (bicyclic) bond motifs is 3. The zero-order valence-electron chi connectivity index (χ0n) is 26.9. The molecule has 42 heavy (non-hydrogen) atoms. The average molecular weight is 578 g/mol. The molecule has 4 aromatic rings. The molecular weight excluding hydrogens is 532 g/mol. The Kier molecular flexibility index (Phi) is 7.71. The van der Waals surface area contributed by atoms with Crippen LogP contribution in [-0.4, -0.2) is 20.9 Å². The molecule has 0 radical (unpaired) electrons. The third kappa shape index (κ3) is 4.70. The van der Waals surface area contributed by atoms with Crippen molar-refractivity contribution in [2.45, 2.75) is 91.4 Å². The van der Waals surface area contributed by atoms with Crippen LogP contribution in [0, 0.1) is 0 Å². The van der Waals surface area contributed by atoms with E-state index < -0.39 is 14.4 Å². The molecule has 0 N–H and O–H groups in total. The number of aromatic nitrogens is 2. The second kappa shape index (κ2) is 10.7. The number of hydrogen-bond donors (Lipinski definition) is 0. The average Bonchev–Trinajstić information content (AvgIpc) is 3.45. The molecule has 0 saturated carbocycles. The van der Waals surface area contributed by atoms with Crippen LogP contribution >= 0.6 is 8.07 Å². The van der Waals surface area contributed by atoms with Gasteiger partial charge in [-0.05, 0) is 22.3 Å². The summed E-state index contributed by atoms with van der Waals surface area (Å²) in [6.07, 6.45) is 2.48. The molecule has 0 spiro atoms. The van der Waals surface area contributed by atoms with Crippen LogP contribution in [0.2, 0.25) is 0 Å². The van der Waals surface area contributed by atoms with Gasteiger partial charge in [-0.15, -0.1) is 0 Å². The van der Waals surface area contributed by atoms with Gasteiger partial charge in [-0.2, -0.15) is 10.9 Å². The molecule has 0 bridgehead atoms.